The maximum Gasteiger partial charge on any atom is 2.00 e. The average molecular weight is 679 g/mol. The fourth-order valence-corrected chi connectivity index (χ4v) is 0.684. The summed E-state index contributed by atoms with van der Waals surface area (Å²) < 4.78 is 0. The summed E-state index contributed by atoms with van der Waals surface area (Å²) in [5, 5.41) is 47.8. The van der Waals surface area contributed by atoms with Gasteiger partial charge in [-0.3, -0.25) is 0 Å². The minimum absolute atomic E-state index is 0. The Hall–Kier alpha value is 8.24. The predicted molar refractivity (Wildman–Crippen MR) is 51.4 cm³/mol. The molecule has 0 amide bonds. The van der Waals surface area contributed by atoms with Gasteiger partial charge in [0.05, 0.1) is 5.97 Å². The molecule has 1 N–H and O–H groups in total. The molecular formula is C8H8CaCl6KMgNa5O9. The Kier molecular flexibility index (Phi) is 228. The quantitative estimate of drug-likeness (QED) is 0.276. The summed E-state index contributed by atoms with van der Waals surface area (Å²) in [6.07, 6.45) is -2.72. The third-order valence-electron chi connectivity index (χ3n) is 1.25. The third-order valence-corrected chi connectivity index (χ3v) is 1.25. The van der Waals surface area contributed by atoms with Crippen molar-refractivity contribution in [2.75, 3.05) is 0 Å². The topological polar surface area (TPSA) is 181 Å². The van der Waals surface area contributed by atoms with Crippen molar-refractivity contribution in [1.29, 1.82) is 0 Å². The molecule has 0 rings (SSSR count). The standard InChI is InChI=1S/C6H8O7.C2H4O2.Ca.6ClH.K.Mg.5Na/c7-3(8)1-6(13,5(11)12)2-4(9)10;1-2(3)4;;;;;;;;;;;;;;/h13H,1-2H2,(H,7,8)(H,9,10)(H,11,12);1H3,(H,3,4);;6*1H;;;;;;;/q;;+2;;;;;;;+1;+2;5*+1/p-10. The first-order valence-corrected chi connectivity index (χ1v) is 4.02. The fourth-order valence-electron chi connectivity index (χ4n) is 0.684. The van der Waals surface area contributed by atoms with Crippen LogP contribution in [0.25, 0.3) is 0 Å². The van der Waals surface area contributed by atoms with E-state index >= 15 is 0 Å². The van der Waals surface area contributed by atoms with Gasteiger partial charge >= 0.3 is 260 Å². The van der Waals surface area contributed by atoms with E-state index in [2.05, 4.69) is 0 Å². The van der Waals surface area contributed by atoms with Gasteiger partial charge in [-0.1, -0.05) is 0 Å². The molecule has 0 aromatic carbocycles. The van der Waals surface area contributed by atoms with Crippen molar-refractivity contribution in [1.82, 2.24) is 0 Å². The van der Waals surface area contributed by atoms with Gasteiger partial charge in [0.2, 0.25) is 0 Å². The second-order valence-corrected chi connectivity index (χ2v) is 2.91. The number of rotatable bonds is 5. The number of aliphatic carboxylic acids is 4. The first kappa shape index (κ1) is 106. The Morgan fingerprint density at radius 3 is 0.871 bits per heavy atom. The van der Waals surface area contributed by atoms with Crippen LogP contribution < -0.4 is 294 Å². The molecule has 0 aromatic heterocycles. The molecule has 0 unspecified atom stereocenters. The molecule has 0 aliphatic heterocycles. The molecule has 0 aromatic rings. The van der Waals surface area contributed by atoms with Crippen LogP contribution in [0, 0.1) is 0 Å². The zero-order valence-electron chi connectivity index (χ0n) is 18.3. The Morgan fingerprint density at radius 1 is 0.677 bits per heavy atom. The normalized spacial score (nSPS) is 5.35. The van der Waals surface area contributed by atoms with E-state index < -0.39 is 42.3 Å². The van der Waals surface area contributed by atoms with Gasteiger partial charge < -0.3 is 119 Å². The maximum atomic E-state index is 10.1. The van der Waals surface area contributed by atoms with E-state index in [9.17, 15) is 29.7 Å². The summed E-state index contributed by atoms with van der Waals surface area (Å²) >= 11 is 0. The van der Waals surface area contributed by atoms with E-state index in [1.807, 2.05) is 0 Å². The first-order chi connectivity index (χ1) is 7.51. The monoisotopic (exact) mass is 676 g/mol. The van der Waals surface area contributed by atoms with E-state index in [-0.39, 0.29) is 334 Å². The number of halogens is 6. The molecule has 0 heterocycles. The molecule has 0 bridgehead atoms. The average Bonchev–Trinajstić information content (AvgIpc) is 1.98. The summed E-state index contributed by atoms with van der Waals surface area (Å²) in [7, 11) is 0. The molecule has 0 aliphatic rings. The van der Waals surface area contributed by atoms with Crippen LogP contribution in [-0.2, 0) is 19.2 Å². The summed E-state index contributed by atoms with van der Waals surface area (Å²) in [5.74, 6) is -7.07. The van der Waals surface area contributed by atoms with Gasteiger partial charge in [0.15, 0.2) is 0 Å². The van der Waals surface area contributed by atoms with Crippen LogP contribution in [0.1, 0.15) is 19.8 Å². The van der Waals surface area contributed by atoms with Crippen LogP contribution in [0.2, 0.25) is 0 Å². The number of hydrogen-bond acceptors (Lipinski definition) is 9. The summed E-state index contributed by atoms with van der Waals surface area (Å²) in [6.45, 7) is 0.972. The number of carbonyl (C=O) groups excluding carboxylic acids is 4. The fraction of sp³-hybridized carbons (Fsp3) is 0.500. The van der Waals surface area contributed by atoms with E-state index in [0.29, 0.717) is 0 Å². The van der Waals surface area contributed by atoms with E-state index in [1.165, 1.54) is 0 Å². The molecule has 23 heteroatoms. The Labute approximate surface area is 417 Å². The second kappa shape index (κ2) is 66.5. The molecular weight excluding hydrogens is 671 g/mol. The van der Waals surface area contributed by atoms with Crippen LogP contribution in [0.15, 0.2) is 0 Å². The smallest absolute Gasteiger partial charge is 1.00 e. The van der Waals surface area contributed by atoms with Crippen molar-refractivity contribution in [3.8, 4) is 0 Å². The van der Waals surface area contributed by atoms with Crippen LogP contribution in [0.3, 0.4) is 0 Å². The Bertz CT molecular complexity index is 356. The molecule has 146 valence electrons. The van der Waals surface area contributed by atoms with Crippen LogP contribution in [0.4, 0.5) is 0 Å². The van der Waals surface area contributed by atoms with Crippen LogP contribution in [-0.4, -0.2) is 95.4 Å². The molecule has 0 saturated heterocycles. The molecule has 0 aliphatic carbocycles. The van der Waals surface area contributed by atoms with Gasteiger partial charge in [0.25, 0.3) is 0 Å². The van der Waals surface area contributed by atoms with Crippen molar-refractivity contribution < 1.29 is 318 Å². The number of carboxylic acids is 4. The van der Waals surface area contributed by atoms with Gasteiger partial charge in [0, 0.05) is 30.7 Å². The Balaban J connectivity index is -0.00000000833. The van der Waals surface area contributed by atoms with Crippen molar-refractivity contribution in [3.05, 3.63) is 0 Å². The predicted octanol–water partition coefficient (Wildman–Crippen LogP) is -43.2. The van der Waals surface area contributed by atoms with Crippen molar-refractivity contribution >= 4 is 84.7 Å². The molecule has 0 fully saturated rings. The minimum Gasteiger partial charge on any atom is -1.00 e. The van der Waals surface area contributed by atoms with Gasteiger partial charge in [0.1, 0.15) is 5.60 Å². The van der Waals surface area contributed by atoms with Gasteiger partial charge in [-0.15, -0.1) is 0 Å². The number of carboxylic acid groups (broad SMARTS) is 4. The molecule has 0 saturated carbocycles. The van der Waals surface area contributed by atoms with E-state index in [4.69, 9.17) is 15.0 Å². The van der Waals surface area contributed by atoms with Crippen molar-refractivity contribution in [3.63, 3.8) is 0 Å². The first-order valence-electron chi connectivity index (χ1n) is 4.02. The molecule has 0 radical (unpaired) electrons. The van der Waals surface area contributed by atoms with Gasteiger partial charge in [-0.05, 0) is 6.92 Å². The second-order valence-electron chi connectivity index (χ2n) is 2.91. The van der Waals surface area contributed by atoms with Crippen LogP contribution >= 0.6 is 0 Å². The Morgan fingerprint density at radius 2 is 0.806 bits per heavy atom. The minimum atomic E-state index is -2.97. The molecule has 0 spiro atoms. The summed E-state index contributed by atoms with van der Waals surface area (Å²) in [6, 6.07) is 0. The summed E-state index contributed by atoms with van der Waals surface area (Å²) in [5.41, 5.74) is -2.97. The zero-order valence-corrected chi connectivity index (χ0v) is 39.6. The SMILES string of the molecule is CC(=O)[O-].O=C([O-])CC(O)(CC(=O)[O-])C(=O)[O-].[Ca+2].[Cl-].[Cl-].[Cl-].[Cl-].[Cl-].[Cl-].[K+].[Mg+2].[Na+].[Na+].[Na+].[Na+].[Na+]. The molecule has 9 nitrogen and oxygen atoms in total. The zero-order chi connectivity index (χ0) is 14.2. The van der Waals surface area contributed by atoms with Gasteiger partial charge in [-0.25, -0.2) is 0 Å². The summed E-state index contributed by atoms with van der Waals surface area (Å²) in [4.78, 5) is 38.9. The van der Waals surface area contributed by atoms with E-state index in [1.54, 1.807) is 0 Å². The number of hydrogen-bond donors (Lipinski definition) is 1. The number of aliphatic hydroxyl groups is 1. The van der Waals surface area contributed by atoms with Crippen molar-refractivity contribution in [2.24, 2.45) is 0 Å². The van der Waals surface area contributed by atoms with Crippen molar-refractivity contribution in [2.45, 2.75) is 25.4 Å². The molecule has 0 atom stereocenters. The number of carbonyl (C=O) groups is 4. The third kappa shape index (κ3) is 85.5. The van der Waals surface area contributed by atoms with E-state index in [0.717, 1.165) is 6.92 Å². The maximum absolute atomic E-state index is 10.1. The van der Waals surface area contributed by atoms with Crippen LogP contribution in [0.5, 0.6) is 0 Å². The molecule has 31 heavy (non-hydrogen) atoms. The van der Waals surface area contributed by atoms with Gasteiger partial charge in [-0.2, -0.15) is 0 Å². The largest absolute Gasteiger partial charge is 2.00 e.